The molecule has 3 nitrogen and oxygen atoms in total. The van der Waals surface area contributed by atoms with Gasteiger partial charge in [0.25, 0.3) is 0 Å². The first-order valence-electron chi connectivity index (χ1n) is 5.17. The van der Waals surface area contributed by atoms with E-state index in [0.717, 1.165) is 0 Å². The van der Waals surface area contributed by atoms with E-state index < -0.39 is 28.0 Å². The molecule has 0 spiro atoms. The summed E-state index contributed by atoms with van der Waals surface area (Å²) in [7, 11) is -3.83. The van der Waals surface area contributed by atoms with Gasteiger partial charge >= 0.3 is 6.18 Å². The molecule has 0 aromatic rings. The van der Waals surface area contributed by atoms with Gasteiger partial charge in [-0.25, -0.2) is 8.42 Å². The molecule has 0 radical (unpaired) electrons. The molecule has 0 saturated carbocycles. The predicted molar refractivity (Wildman–Crippen MR) is 56.6 cm³/mol. The van der Waals surface area contributed by atoms with Crippen molar-refractivity contribution in [3.63, 3.8) is 0 Å². The van der Waals surface area contributed by atoms with Crippen molar-refractivity contribution in [1.29, 1.82) is 0 Å². The first kappa shape index (κ1) is 15.7. The zero-order valence-corrected chi connectivity index (χ0v) is 10.5. The van der Waals surface area contributed by atoms with E-state index in [2.05, 4.69) is 0 Å². The first-order chi connectivity index (χ1) is 7.11. The lowest BCUT2D eigenvalue weighted by atomic mass is 10.3. The molecular formula is C9H18F3NO2S. The molecule has 0 aromatic heterocycles. The van der Waals surface area contributed by atoms with Gasteiger partial charge in [-0.2, -0.15) is 17.5 Å². The minimum Gasteiger partial charge on any atom is -0.212 e. The van der Waals surface area contributed by atoms with Crippen LogP contribution in [-0.4, -0.2) is 37.2 Å². The number of unbranched alkanes of at least 4 members (excludes halogenated alkanes) is 1. The van der Waals surface area contributed by atoms with E-state index in [0.29, 0.717) is 17.1 Å². The Morgan fingerprint density at radius 1 is 1.25 bits per heavy atom. The van der Waals surface area contributed by atoms with Crippen LogP contribution >= 0.6 is 0 Å². The smallest absolute Gasteiger partial charge is 0.212 e. The van der Waals surface area contributed by atoms with Crippen molar-refractivity contribution >= 4 is 10.0 Å². The molecule has 7 heteroatoms. The van der Waals surface area contributed by atoms with Crippen LogP contribution in [0.15, 0.2) is 0 Å². The van der Waals surface area contributed by atoms with Gasteiger partial charge in [-0.15, -0.1) is 0 Å². The van der Waals surface area contributed by atoms with Crippen LogP contribution in [0.2, 0.25) is 0 Å². The Morgan fingerprint density at radius 2 is 1.75 bits per heavy atom. The molecule has 0 aliphatic heterocycles. The summed E-state index contributed by atoms with van der Waals surface area (Å²) in [6.45, 7) is 3.09. The van der Waals surface area contributed by atoms with Gasteiger partial charge in [0, 0.05) is 6.54 Å². The standard InChI is InChI=1S/C9H18F3NO2S/c1-4-5-6-13(7-9(10,11)12)16(14,15)8(2)3/h8H,4-7H2,1-3H3. The van der Waals surface area contributed by atoms with E-state index in [1.807, 2.05) is 0 Å². The highest BCUT2D eigenvalue weighted by Crippen LogP contribution is 2.20. The lowest BCUT2D eigenvalue weighted by Gasteiger charge is -2.25. The highest BCUT2D eigenvalue weighted by atomic mass is 32.2. The number of nitrogens with zero attached hydrogens (tertiary/aromatic N) is 1. The third kappa shape index (κ3) is 5.16. The van der Waals surface area contributed by atoms with Crippen LogP contribution < -0.4 is 0 Å². The van der Waals surface area contributed by atoms with Crippen molar-refractivity contribution in [2.45, 2.75) is 45.0 Å². The van der Waals surface area contributed by atoms with Crippen molar-refractivity contribution in [2.75, 3.05) is 13.1 Å². The minimum absolute atomic E-state index is 0.0729. The third-order valence-electron chi connectivity index (χ3n) is 2.07. The molecule has 0 atom stereocenters. The van der Waals surface area contributed by atoms with Gasteiger partial charge in [0.1, 0.15) is 6.54 Å². The number of halogens is 3. The highest BCUT2D eigenvalue weighted by Gasteiger charge is 2.36. The van der Waals surface area contributed by atoms with Crippen molar-refractivity contribution in [2.24, 2.45) is 0 Å². The topological polar surface area (TPSA) is 37.4 Å². The lowest BCUT2D eigenvalue weighted by molar-refractivity contribution is -0.136. The fourth-order valence-corrected chi connectivity index (χ4v) is 2.44. The van der Waals surface area contributed by atoms with E-state index in [1.54, 1.807) is 6.92 Å². The van der Waals surface area contributed by atoms with Crippen LogP contribution in [0.3, 0.4) is 0 Å². The quantitative estimate of drug-likeness (QED) is 0.736. The van der Waals surface area contributed by atoms with Crippen LogP contribution in [0, 0.1) is 0 Å². The molecule has 0 fully saturated rings. The Balaban J connectivity index is 4.81. The van der Waals surface area contributed by atoms with Gasteiger partial charge in [-0.3, -0.25) is 0 Å². The Morgan fingerprint density at radius 3 is 2.06 bits per heavy atom. The van der Waals surface area contributed by atoms with Crippen molar-refractivity contribution < 1.29 is 21.6 Å². The van der Waals surface area contributed by atoms with Gasteiger partial charge in [-0.1, -0.05) is 13.3 Å². The van der Waals surface area contributed by atoms with Crippen LogP contribution in [0.5, 0.6) is 0 Å². The number of rotatable bonds is 6. The maximum Gasteiger partial charge on any atom is 0.402 e. The third-order valence-corrected chi connectivity index (χ3v) is 4.30. The van der Waals surface area contributed by atoms with Crippen LogP contribution in [-0.2, 0) is 10.0 Å². The zero-order valence-electron chi connectivity index (χ0n) is 9.71. The molecule has 0 bridgehead atoms. The molecule has 0 N–H and O–H groups in total. The second-order valence-corrected chi connectivity index (χ2v) is 6.39. The van der Waals surface area contributed by atoms with E-state index in [1.165, 1.54) is 13.8 Å². The summed E-state index contributed by atoms with van der Waals surface area (Å²) in [4.78, 5) is 0. The summed E-state index contributed by atoms with van der Waals surface area (Å²) in [6, 6.07) is 0. The summed E-state index contributed by atoms with van der Waals surface area (Å²) in [5.41, 5.74) is 0. The summed E-state index contributed by atoms with van der Waals surface area (Å²) < 4.78 is 60.5. The lowest BCUT2D eigenvalue weighted by Crippen LogP contribution is -2.42. The largest absolute Gasteiger partial charge is 0.402 e. The molecular weight excluding hydrogens is 243 g/mol. The van der Waals surface area contributed by atoms with Crippen LogP contribution in [0.25, 0.3) is 0 Å². The Labute approximate surface area is 94.7 Å². The van der Waals surface area contributed by atoms with E-state index in [4.69, 9.17) is 0 Å². The Bertz CT molecular complexity index is 298. The molecule has 0 heterocycles. The second kappa shape index (κ2) is 5.86. The second-order valence-electron chi connectivity index (χ2n) is 3.90. The summed E-state index contributed by atoms with van der Waals surface area (Å²) in [6.07, 6.45) is -3.40. The summed E-state index contributed by atoms with van der Waals surface area (Å²) in [5, 5.41) is -0.827. The highest BCUT2D eigenvalue weighted by molar-refractivity contribution is 7.89. The number of sulfonamides is 1. The number of alkyl halides is 3. The van der Waals surface area contributed by atoms with Gasteiger partial charge in [0.05, 0.1) is 5.25 Å². The molecule has 16 heavy (non-hydrogen) atoms. The fourth-order valence-electron chi connectivity index (χ4n) is 1.13. The zero-order chi connectivity index (χ0) is 13.0. The molecule has 0 amide bonds. The maximum atomic E-state index is 12.2. The molecule has 0 aromatic carbocycles. The molecule has 98 valence electrons. The number of hydrogen-bond acceptors (Lipinski definition) is 2. The minimum atomic E-state index is -4.49. The average molecular weight is 261 g/mol. The number of hydrogen-bond donors (Lipinski definition) is 0. The van der Waals surface area contributed by atoms with Gasteiger partial charge < -0.3 is 0 Å². The average Bonchev–Trinajstić information content (AvgIpc) is 2.09. The Kier molecular flexibility index (Phi) is 5.75. The maximum absolute atomic E-state index is 12.2. The van der Waals surface area contributed by atoms with Gasteiger partial charge in [0.2, 0.25) is 10.0 Å². The molecule has 0 saturated heterocycles. The molecule has 0 aliphatic rings. The van der Waals surface area contributed by atoms with E-state index in [9.17, 15) is 21.6 Å². The Hall–Kier alpha value is -0.300. The van der Waals surface area contributed by atoms with Crippen molar-refractivity contribution in [1.82, 2.24) is 4.31 Å². The van der Waals surface area contributed by atoms with E-state index in [-0.39, 0.29) is 6.54 Å². The fraction of sp³-hybridized carbons (Fsp3) is 1.00. The van der Waals surface area contributed by atoms with Gasteiger partial charge in [-0.05, 0) is 20.3 Å². The van der Waals surface area contributed by atoms with Crippen LogP contribution in [0.4, 0.5) is 13.2 Å². The van der Waals surface area contributed by atoms with Crippen molar-refractivity contribution in [3.8, 4) is 0 Å². The van der Waals surface area contributed by atoms with Crippen LogP contribution in [0.1, 0.15) is 33.6 Å². The summed E-state index contributed by atoms with van der Waals surface area (Å²) in [5.74, 6) is 0. The molecule has 0 unspecified atom stereocenters. The van der Waals surface area contributed by atoms with Gasteiger partial charge in [0.15, 0.2) is 0 Å². The normalized spacial score (nSPS) is 13.8. The van der Waals surface area contributed by atoms with Crippen molar-refractivity contribution in [3.05, 3.63) is 0 Å². The predicted octanol–water partition coefficient (Wildman–Crippen LogP) is 2.39. The summed E-state index contributed by atoms with van der Waals surface area (Å²) >= 11 is 0. The van der Waals surface area contributed by atoms with E-state index >= 15 is 0 Å². The molecule has 0 rings (SSSR count). The monoisotopic (exact) mass is 261 g/mol. The molecule has 0 aliphatic carbocycles. The SMILES string of the molecule is CCCCN(CC(F)(F)F)S(=O)(=O)C(C)C. The first-order valence-corrected chi connectivity index (χ1v) is 6.67.